The van der Waals surface area contributed by atoms with Crippen LogP contribution in [0, 0.1) is 6.92 Å². The number of para-hydroxylation sites is 1. The van der Waals surface area contributed by atoms with Crippen molar-refractivity contribution in [3.63, 3.8) is 0 Å². The summed E-state index contributed by atoms with van der Waals surface area (Å²) >= 11 is 0. The zero-order valence-electron chi connectivity index (χ0n) is 10.9. The molecule has 19 heavy (non-hydrogen) atoms. The van der Waals surface area contributed by atoms with E-state index in [0.29, 0.717) is 25.4 Å². The highest BCUT2D eigenvalue weighted by atomic mass is 16.5. The van der Waals surface area contributed by atoms with Crippen molar-refractivity contribution in [1.82, 2.24) is 4.98 Å². The Kier molecular flexibility index (Phi) is 3.36. The Hall–Kier alpha value is -1.65. The standard InChI is InChI=1S/C15H17NO3/c1-10-5-6-11-3-2-4-13(15(11)16-10)19-14-9-18-8-7-12(14)17/h2-6,12,14,17H,7-9H2,1H3. The molecule has 1 aliphatic heterocycles. The molecule has 1 N–H and O–H groups in total. The predicted molar refractivity (Wildman–Crippen MR) is 72.3 cm³/mol. The quantitative estimate of drug-likeness (QED) is 0.897. The Balaban J connectivity index is 1.93. The van der Waals surface area contributed by atoms with Crippen LogP contribution < -0.4 is 4.74 Å². The van der Waals surface area contributed by atoms with Gasteiger partial charge < -0.3 is 14.6 Å². The van der Waals surface area contributed by atoms with E-state index in [9.17, 15) is 5.11 Å². The number of aliphatic hydroxyl groups excluding tert-OH is 1. The second kappa shape index (κ2) is 5.15. The number of hydrogen-bond acceptors (Lipinski definition) is 4. The summed E-state index contributed by atoms with van der Waals surface area (Å²) in [7, 11) is 0. The van der Waals surface area contributed by atoms with Gasteiger partial charge in [0.15, 0.2) is 0 Å². The highest BCUT2D eigenvalue weighted by molar-refractivity contribution is 5.84. The summed E-state index contributed by atoms with van der Waals surface area (Å²) in [6.07, 6.45) is -0.183. The monoisotopic (exact) mass is 259 g/mol. The SMILES string of the molecule is Cc1ccc2cccc(OC3COCCC3O)c2n1. The Morgan fingerprint density at radius 3 is 3.05 bits per heavy atom. The first-order valence-corrected chi connectivity index (χ1v) is 6.53. The molecule has 2 unspecified atom stereocenters. The molecule has 1 aliphatic rings. The van der Waals surface area contributed by atoms with Gasteiger partial charge in [0, 0.05) is 24.1 Å². The van der Waals surface area contributed by atoms with Crippen LogP contribution in [0.1, 0.15) is 12.1 Å². The van der Waals surface area contributed by atoms with Crippen molar-refractivity contribution < 1.29 is 14.6 Å². The number of rotatable bonds is 2. The molecule has 1 aromatic heterocycles. The molecular weight excluding hydrogens is 242 g/mol. The molecule has 0 amide bonds. The molecule has 0 saturated carbocycles. The minimum atomic E-state index is -0.478. The average molecular weight is 259 g/mol. The summed E-state index contributed by atoms with van der Waals surface area (Å²) in [6.45, 7) is 2.96. The molecule has 0 radical (unpaired) electrons. The third kappa shape index (κ3) is 2.55. The Labute approximate surface area is 112 Å². The molecule has 0 bridgehead atoms. The maximum absolute atomic E-state index is 9.93. The van der Waals surface area contributed by atoms with E-state index in [1.165, 1.54) is 0 Å². The van der Waals surface area contributed by atoms with Gasteiger partial charge in [-0.3, -0.25) is 0 Å². The van der Waals surface area contributed by atoms with E-state index in [-0.39, 0.29) is 6.10 Å². The van der Waals surface area contributed by atoms with Crippen LogP contribution in [0.4, 0.5) is 0 Å². The summed E-state index contributed by atoms with van der Waals surface area (Å²) in [5.41, 5.74) is 1.78. The predicted octanol–water partition coefficient (Wildman–Crippen LogP) is 2.07. The first kappa shape index (κ1) is 12.4. The summed E-state index contributed by atoms with van der Waals surface area (Å²) < 4.78 is 11.3. The Bertz CT molecular complexity index is 585. The van der Waals surface area contributed by atoms with Gasteiger partial charge in [0.05, 0.1) is 12.7 Å². The highest BCUT2D eigenvalue weighted by Crippen LogP contribution is 2.26. The van der Waals surface area contributed by atoms with Crippen molar-refractivity contribution in [1.29, 1.82) is 0 Å². The highest BCUT2D eigenvalue weighted by Gasteiger charge is 2.26. The molecule has 2 heterocycles. The normalized spacial score (nSPS) is 23.5. The molecule has 100 valence electrons. The topological polar surface area (TPSA) is 51.6 Å². The zero-order valence-corrected chi connectivity index (χ0v) is 10.9. The summed E-state index contributed by atoms with van der Waals surface area (Å²) in [5.74, 6) is 0.704. The fourth-order valence-electron chi connectivity index (χ4n) is 2.29. The third-order valence-corrected chi connectivity index (χ3v) is 3.37. The number of aryl methyl sites for hydroxylation is 1. The summed E-state index contributed by atoms with van der Waals surface area (Å²) in [5, 5.41) is 11.0. The van der Waals surface area contributed by atoms with Gasteiger partial charge in [-0.1, -0.05) is 18.2 Å². The molecule has 0 aliphatic carbocycles. The second-order valence-corrected chi connectivity index (χ2v) is 4.87. The number of aliphatic hydroxyl groups is 1. The first-order valence-electron chi connectivity index (χ1n) is 6.53. The first-order chi connectivity index (χ1) is 9.24. The van der Waals surface area contributed by atoms with Crippen molar-refractivity contribution in [3.8, 4) is 5.75 Å². The zero-order chi connectivity index (χ0) is 13.2. The molecule has 2 aromatic rings. The van der Waals surface area contributed by atoms with Gasteiger partial charge in [0.25, 0.3) is 0 Å². The number of nitrogens with zero attached hydrogens (tertiary/aromatic N) is 1. The molecular formula is C15H17NO3. The van der Waals surface area contributed by atoms with Crippen molar-refractivity contribution in [2.45, 2.75) is 25.6 Å². The molecule has 1 aromatic carbocycles. The number of hydrogen-bond donors (Lipinski definition) is 1. The minimum Gasteiger partial charge on any atom is -0.483 e. The van der Waals surface area contributed by atoms with Crippen molar-refractivity contribution >= 4 is 10.9 Å². The number of aromatic nitrogens is 1. The van der Waals surface area contributed by atoms with Crippen LogP contribution in [-0.2, 0) is 4.74 Å². The van der Waals surface area contributed by atoms with E-state index < -0.39 is 6.10 Å². The molecule has 0 spiro atoms. The lowest BCUT2D eigenvalue weighted by Crippen LogP contribution is -2.40. The number of benzene rings is 1. The van der Waals surface area contributed by atoms with Crippen LogP contribution in [0.3, 0.4) is 0 Å². The lowest BCUT2D eigenvalue weighted by molar-refractivity contribution is -0.0730. The van der Waals surface area contributed by atoms with E-state index in [0.717, 1.165) is 16.6 Å². The fourth-order valence-corrected chi connectivity index (χ4v) is 2.29. The lowest BCUT2D eigenvalue weighted by Gasteiger charge is -2.28. The largest absolute Gasteiger partial charge is 0.483 e. The lowest BCUT2D eigenvalue weighted by atomic mass is 10.1. The van der Waals surface area contributed by atoms with Crippen LogP contribution in [0.25, 0.3) is 10.9 Å². The van der Waals surface area contributed by atoms with Crippen LogP contribution in [0.5, 0.6) is 5.75 Å². The van der Waals surface area contributed by atoms with E-state index in [2.05, 4.69) is 4.98 Å². The maximum Gasteiger partial charge on any atom is 0.148 e. The van der Waals surface area contributed by atoms with Gasteiger partial charge >= 0.3 is 0 Å². The van der Waals surface area contributed by atoms with Gasteiger partial charge in [-0.05, 0) is 19.1 Å². The molecule has 1 saturated heterocycles. The average Bonchev–Trinajstić information content (AvgIpc) is 2.42. The summed E-state index contributed by atoms with van der Waals surface area (Å²) in [6, 6.07) is 9.83. The van der Waals surface area contributed by atoms with Gasteiger partial charge in [0.1, 0.15) is 17.4 Å². The van der Waals surface area contributed by atoms with Crippen molar-refractivity contribution in [3.05, 3.63) is 36.0 Å². The van der Waals surface area contributed by atoms with Crippen molar-refractivity contribution in [2.24, 2.45) is 0 Å². The smallest absolute Gasteiger partial charge is 0.148 e. The number of fused-ring (bicyclic) bond motifs is 1. The number of pyridine rings is 1. The Morgan fingerprint density at radius 1 is 1.32 bits per heavy atom. The minimum absolute atomic E-state index is 0.318. The maximum atomic E-state index is 9.93. The third-order valence-electron chi connectivity index (χ3n) is 3.37. The van der Waals surface area contributed by atoms with Gasteiger partial charge in [0.2, 0.25) is 0 Å². The van der Waals surface area contributed by atoms with Gasteiger partial charge in [-0.2, -0.15) is 0 Å². The molecule has 1 fully saturated rings. The Morgan fingerprint density at radius 2 is 2.21 bits per heavy atom. The summed E-state index contributed by atoms with van der Waals surface area (Å²) in [4.78, 5) is 4.52. The van der Waals surface area contributed by atoms with E-state index in [1.54, 1.807) is 0 Å². The van der Waals surface area contributed by atoms with Crippen molar-refractivity contribution in [2.75, 3.05) is 13.2 Å². The van der Waals surface area contributed by atoms with E-state index in [4.69, 9.17) is 9.47 Å². The van der Waals surface area contributed by atoms with Crippen LogP contribution in [0.15, 0.2) is 30.3 Å². The van der Waals surface area contributed by atoms with Crippen LogP contribution >= 0.6 is 0 Å². The van der Waals surface area contributed by atoms with Crippen LogP contribution in [-0.4, -0.2) is 35.5 Å². The van der Waals surface area contributed by atoms with E-state index >= 15 is 0 Å². The molecule has 4 nitrogen and oxygen atoms in total. The second-order valence-electron chi connectivity index (χ2n) is 4.87. The van der Waals surface area contributed by atoms with E-state index in [1.807, 2.05) is 37.3 Å². The number of ether oxygens (including phenoxy) is 2. The van der Waals surface area contributed by atoms with Gasteiger partial charge in [-0.15, -0.1) is 0 Å². The van der Waals surface area contributed by atoms with Crippen LogP contribution in [0.2, 0.25) is 0 Å². The molecule has 4 heteroatoms. The molecule has 3 rings (SSSR count). The fraction of sp³-hybridized carbons (Fsp3) is 0.400. The molecule has 2 atom stereocenters. The van der Waals surface area contributed by atoms with Gasteiger partial charge in [-0.25, -0.2) is 4.98 Å².